The van der Waals surface area contributed by atoms with Gasteiger partial charge in [-0.05, 0) is 19.1 Å². The molecule has 92 valence electrons. The third-order valence-electron chi connectivity index (χ3n) is 2.39. The van der Waals surface area contributed by atoms with Gasteiger partial charge in [0.1, 0.15) is 5.75 Å². The van der Waals surface area contributed by atoms with Crippen LogP contribution in [-0.2, 0) is 7.05 Å². The van der Waals surface area contributed by atoms with Crippen molar-refractivity contribution in [2.75, 3.05) is 0 Å². The summed E-state index contributed by atoms with van der Waals surface area (Å²) in [7, 11) is 1.72. The molecule has 0 aliphatic rings. The molecule has 0 radical (unpaired) electrons. The van der Waals surface area contributed by atoms with Gasteiger partial charge in [0.25, 0.3) is 0 Å². The summed E-state index contributed by atoms with van der Waals surface area (Å²) in [6, 6.07) is 6.50. The van der Waals surface area contributed by atoms with E-state index in [1.807, 2.05) is 0 Å². The molecule has 0 aliphatic heterocycles. The van der Waals surface area contributed by atoms with E-state index in [-0.39, 0.29) is 5.78 Å². The van der Waals surface area contributed by atoms with Crippen molar-refractivity contribution in [3.05, 3.63) is 47.8 Å². The van der Waals surface area contributed by atoms with Crippen molar-refractivity contribution in [1.82, 2.24) is 9.78 Å². The van der Waals surface area contributed by atoms with E-state index in [9.17, 15) is 9.59 Å². The van der Waals surface area contributed by atoms with Gasteiger partial charge >= 0.3 is 5.97 Å². The fourth-order valence-electron chi connectivity index (χ4n) is 1.47. The monoisotopic (exact) mass is 244 g/mol. The van der Waals surface area contributed by atoms with Crippen molar-refractivity contribution in [3.8, 4) is 5.75 Å². The topological polar surface area (TPSA) is 61.2 Å². The van der Waals surface area contributed by atoms with Gasteiger partial charge in [0.05, 0.1) is 11.8 Å². The molecular formula is C13H12N2O3. The first-order valence-electron chi connectivity index (χ1n) is 5.38. The van der Waals surface area contributed by atoms with Gasteiger partial charge < -0.3 is 4.74 Å². The molecule has 18 heavy (non-hydrogen) atoms. The summed E-state index contributed by atoms with van der Waals surface area (Å²) in [4.78, 5) is 23.0. The van der Waals surface area contributed by atoms with Gasteiger partial charge in [-0.1, -0.05) is 12.1 Å². The summed E-state index contributed by atoms with van der Waals surface area (Å²) in [6.07, 6.45) is 2.99. The van der Waals surface area contributed by atoms with Crippen LogP contribution in [0.4, 0.5) is 0 Å². The highest BCUT2D eigenvalue weighted by Crippen LogP contribution is 2.15. The number of hydrogen-bond donors (Lipinski definition) is 0. The number of ketones is 1. The number of nitrogens with zero attached hydrogens (tertiary/aromatic N) is 2. The molecule has 2 rings (SSSR count). The zero-order valence-electron chi connectivity index (χ0n) is 10.1. The average Bonchev–Trinajstić information content (AvgIpc) is 2.76. The molecule has 1 aromatic carbocycles. The molecule has 0 aliphatic carbocycles. The van der Waals surface area contributed by atoms with Crippen LogP contribution in [0.3, 0.4) is 0 Å². The maximum absolute atomic E-state index is 11.7. The molecule has 5 heteroatoms. The van der Waals surface area contributed by atoms with Gasteiger partial charge in [0, 0.05) is 18.8 Å². The van der Waals surface area contributed by atoms with Gasteiger partial charge in [-0.3, -0.25) is 9.48 Å². The molecule has 1 aromatic heterocycles. The number of carbonyl (C=O) groups is 2. The highest BCUT2D eigenvalue weighted by Gasteiger charge is 2.11. The number of ether oxygens (including phenoxy) is 1. The van der Waals surface area contributed by atoms with Crippen molar-refractivity contribution in [1.29, 1.82) is 0 Å². The Labute approximate surface area is 104 Å². The zero-order chi connectivity index (χ0) is 13.1. The van der Waals surface area contributed by atoms with Crippen LogP contribution in [-0.4, -0.2) is 21.5 Å². The van der Waals surface area contributed by atoms with Crippen molar-refractivity contribution >= 4 is 11.8 Å². The van der Waals surface area contributed by atoms with E-state index in [1.165, 1.54) is 23.9 Å². The molecule has 0 bridgehead atoms. The lowest BCUT2D eigenvalue weighted by Gasteiger charge is -2.03. The second kappa shape index (κ2) is 4.83. The largest absolute Gasteiger partial charge is 0.423 e. The average molecular weight is 244 g/mol. The summed E-state index contributed by atoms with van der Waals surface area (Å²) >= 11 is 0. The highest BCUT2D eigenvalue weighted by atomic mass is 16.5. The Morgan fingerprint density at radius 3 is 2.67 bits per heavy atom. The smallest absolute Gasteiger partial charge is 0.346 e. The lowest BCUT2D eigenvalue weighted by atomic mass is 10.1. The van der Waals surface area contributed by atoms with E-state index in [0.29, 0.717) is 16.9 Å². The SMILES string of the molecule is CC(=O)c1cccc(OC(=O)c2cnn(C)c2)c1. The molecule has 0 spiro atoms. The molecule has 1 heterocycles. The quantitative estimate of drug-likeness (QED) is 0.469. The number of aromatic nitrogens is 2. The zero-order valence-corrected chi connectivity index (χ0v) is 10.1. The molecule has 0 atom stereocenters. The van der Waals surface area contributed by atoms with Crippen molar-refractivity contribution in [2.45, 2.75) is 6.92 Å². The molecular weight excluding hydrogens is 232 g/mol. The molecule has 0 N–H and O–H groups in total. The minimum absolute atomic E-state index is 0.0747. The van der Waals surface area contributed by atoms with E-state index in [0.717, 1.165) is 0 Å². The van der Waals surface area contributed by atoms with Gasteiger partial charge in [0.2, 0.25) is 0 Å². The van der Waals surface area contributed by atoms with Crippen LogP contribution in [0.5, 0.6) is 5.75 Å². The first kappa shape index (κ1) is 12.0. The first-order chi connectivity index (χ1) is 8.56. The van der Waals surface area contributed by atoms with Crippen LogP contribution >= 0.6 is 0 Å². The van der Waals surface area contributed by atoms with Crippen molar-refractivity contribution in [3.63, 3.8) is 0 Å². The summed E-state index contributed by atoms with van der Waals surface area (Å²) < 4.78 is 6.68. The lowest BCUT2D eigenvalue weighted by molar-refractivity contribution is 0.0733. The molecule has 2 aromatic rings. The van der Waals surface area contributed by atoms with Crippen LogP contribution < -0.4 is 4.74 Å². The number of benzene rings is 1. The highest BCUT2D eigenvalue weighted by molar-refractivity contribution is 5.95. The van der Waals surface area contributed by atoms with E-state index in [2.05, 4.69) is 5.10 Å². The number of esters is 1. The van der Waals surface area contributed by atoms with Crippen molar-refractivity contribution < 1.29 is 14.3 Å². The fourth-order valence-corrected chi connectivity index (χ4v) is 1.47. The Bertz CT molecular complexity index is 602. The summed E-state index contributed by atoms with van der Waals surface area (Å²) in [5.41, 5.74) is 0.872. The van der Waals surface area contributed by atoms with Crippen LogP contribution in [0.2, 0.25) is 0 Å². The minimum Gasteiger partial charge on any atom is -0.423 e. The van der Waals surface area contributed by atoms with E-state index in [4.69, 9.17) is 4.74 Å². The summed E-state index contributed by atoms with van der Waals surface area (Å²) in [5.74, 6) is -0.227. The first-order valence-corrected chi connectivity index (χ1v) is 5.38. The minimum atomic E-state index is -0.496. The molecule has 5 nitrogen and oxygen atoms in total. The van der Waals surface area contributed by atoms with E-state index in [1.54, 1.807) is 31.4 Å². The third-order valence-corrected chi connectivity index (χ3v) is 2.39. The molecule has 0 fully saturated rings. The van der Waals surface area contributed by atoms with E-state index >= 15 is 0 Å². The van der Waals surface area contributed by atoms with Gasteiger partial charge in [-0.15, -0.1) is 0 Å². The van der Waals surface area contributed by atoms with Gasteiger partial charge in [-0.25, -0.2) is 4.79 Å². The predicted octanol–water partition coefficient (Wildman–Crippen LogP) is 1.84. The fraction of sp³-hybridized carbons (Fsp3) is 0.154. The van der Waals surface area contributed by atoms with Crippen LogP contribution in [0, 0.1) is 0 Å². The predicted molar refractivity (Wildman–Crippen MR) is 64.6 cm³/mol. The van der Waals surface area contributed by atoms with Gasteiger partial charge in [0.15, 0.2) is 5.78 Å². The van der Waals surface area contributed by atoms with Crippen LogP contribution in [0.1, 0.15) is 27.6 Å². The van der Waals surface area contributed by atoms with E-state index < -0.39 is 5.97 Å². The maximum Gasteiger partial charge on any atom is 0.346 e. The Morgan fingerprint density at radius 2 is 2.06 bits per heavy atom. The van der Waals surface area contributed by atoms with Crippen molar-refractivity contribution in [2.24, 2.45) is 7.05 Å². The molecule has 0 amide bonds. The number of rotatable bonds is 3. The summed E-state index contributed by atoms with van der Waals surface area (Å²) in [5, 5.41) is 3.89. The van der Waals surface area contributed by atoms with Gasteiger partial charge in [-0.2, -0.15) is 5.10 Å². The van der Waals surface area contributed by atoms with Crippen LogP contribution in [0.25, 0.3) is 0 Å². The number of carbonyl (C=O) groups excluding carboxylic acids is 2. The number of Topliss-reactive ketones (excluding diaryl/α,β-unsaturated/α-hetero) is 1. The van der Waals surface area contributed by atoms with Crippen LogP contribution in [0.15, 0.2) is 36.7 Å². The maximum atomic E-state index is 11.7. The Balaban J connectivity index is 2.16. The second-order valence-electron chi connectivity index (χ2n) is 3.88. The Kier molecular flexibility index (Phi) is 3.23. The standard InChI is InChI=1S/C13H12N2O3/c1-9(16)10-4-3-5-12(6-10)18-13(17)11-7-14-15(2)8-11/h3-8H,1-2H3. The molecule has 0 saturated carbocycles. The lowest BCUT2D eigenvalue weighted by Crippen LogP contribution is -2.08. The Hall–Kier alpha value is -2.43. The second-order valence-corrected chi connectivity index (χ2v) is 3.88. The normalized spacial score (nSPS) is 10.1. The third kappa shape index (κ3) is 2.63. The molecule has 0 saturated heterocycles. The Morgan fingerprint density at radius 1 is 1.28 bits per heavy atom. The number of hydrogen-bond acceptors (Lipinski definition) is 4. The summed E-state index contributed by atoms with van der Waals surface area (Å²) in [6.45, 7) is 1.46. The molecule has 0 unspecified atom stereocenters. The number of aryl methyl sites for hydroxylation is 1.